The highest BCUT2D eigenvalue weighted by molar-refractivity contribution is 7.80. The maximum atomic E-state index is 12.5. The highest BCUT2D eigenvalue weighted by Crippen LogP contribution is 2.36. The van der Waals surface area contributed by atoms with Gasteiger partial charge in [-0.1, -0.05) is 5.16 Å². The van der Waals surface area contributed by atoms with Gasteiger partial charge in [0.2, 0.25) is 0 Å². The Hall–Kier alpha value is -2.03. The van der Waals surface area contributed by atoms with Crippen molar-refractivity contribution >= 4 is 23.0 Å². The molecule has 2 heterocycles. The van der Waals surface area contributed by atoms with Crippen LogP contribution in [0.2, 0.25) is 0 Å². The Kier molecular flexibility index (Phi) is 7.27. The number of amides is 1. The van der Waals surface area contributed by atoms with Crippen molar-refractivity contribution in [3.05, 3.63) is 11.5 Å². The number of likely N-dealkylation sites (tertiary alicyclic amines) is 1. The van der Waals surface area contributed by atoms with Crippen LogP contribution in [0.15, 0.2) is 4.52 Å². The fraction of sp³-hybridized carbons (Fsp3) is 0.733. The van der Waals surface area contributed by atoms with Crippen molar-refractivity contribution < 1.29 is 49.2 Å². The van der Waals surface area contributed by atoms with Crippen LogP contribution in [-0.2, 0) is 16.0 Å². The molecule has 0 saturated carbocycles. The third-order valence-electron chi connectivity index (χ3n) is 4.54. The Bertz CT molecular complexity index is 742. The third kappa shape index (κ3) is 5.77. The zero-order valence-corrected chi connectivity index (χ0v) is 16.6. The molecule has 172 valence electrons. The average molecular weight is 466 g/mol. The summed E-state index contributed by atoms with van der Waals surface area (Å²) < 4.78 is 108. The van der Waals surface area contributed by atoms with E-state index in [0.717, 1.165) is 9.21 Å². The topological polar surface area (TPSA) is 98.9 Å². The van der Waals surface area contributed by atoms with Gasteiger partial charge in [-0.3, -0.25) is 8.51 Å². The van der Waals surface area contributed by atoms with Gasteiger partial charge in [0.25, 0.3) is 6.10 Å². The molecule has 0 aromatic carbocycles. The van der Waals surface area contributed by atoms with Crippen LogP contribution in [0, 0.1) is 19.8 Å². The lowest BCUT2D eigenvalue weighted by Crippen LogP contribution is -2.49. The molecule has 0 N–H and O–H groups in total. The number of aromatic nitrogens is 1. The normalized spacial score (nSPS) is 17.3. The number of carbonyl (C=O) groups excluding carboxylic acids is 1. The molecule has 2 rings (SSSR count). The summed E-state index contributed by atoms with van der Waals surface area (Å²) in [6, 6.07) is 0. The molecule has 8 nitrogen and oxygen atoms in total. The summed E-state index contributed by atoms with van der Waals surface area (Å²) >= 11 is -2.67. The lowest BCUT2D eigenvalue weighted by atomic mass is 9.97. The van der Waals surface area contributed by atoms with Gasteiger partial charge in [-0.2, -0.15) is 26.3 Å². The fourth-order valence-corrected chi connectivity index (χ4v) is 3.83. The zero-order valence-electron chi connectivity index (χ0n) is 15.7. The van der Waals surface area contributed by atoms with Gasteiger partial charge < -0.3 is 18.7 Å². The molecule has 1 aromatic rings. The number of nitrogens with zero attached hydrogens (tertiary/aromatic N) is 3. The first-order valence-electron chi connectivity index (χ1n) is 8.60. The van der Waals surface area contributed by atoms with E-state index < -0.39 is 35.8 Å². The Morgan fingerprint density at radius 3 is 2.20 bits per heavy atom. The minimum absolute atomic E-state index is 0.0182. The number of rotatable bonds is 5. The van der Waals surface area contributed by atoms with Crippen molar-refractivity contribution in [1.29, 1.82) is 0 Å². The van der Waals surface area contributed by atoms with Gasteiger partial charge in [0.05, 0.1) is 0 Å². The summed E-state index contributed by atoms with van der Waals surface area (Å²) in [5.74, 6) is -0.0373. The predicted octanol–water partition coefficient (Wildman–Crippen LogP) is 3.23. The third-order valence-corrected chi connectivity index (χ3v) is 5.23. The number of anilines is 1. The number of aryl methyl sites for hydroxylation is 2. The van der Waals surface area contributed by atoms with Gasteiger partial charge in [0.1, 0.15) is 11.4 Å². The number of carbonyl (C=O) groups is 1. The summed E-state index contributed by atoms with van der Waals surface area (Å²) in [4.78, 5) is 12.5. The molecule has 0 spiro atoms. The minimum atomic E-state index is -5.79. The van der Waals surface area contributed by atoms with Crippen LogP contribution in [0.5, 0.6) is 0 Å². The van der Waals surface area contributed by atoms with E-state index in [1.807, 2.05) is 0 Å². The van der Waals surface area contributed by atoms with Gasteiger partial charge >= 0.3 is 18.4 Å². The van der Waals surface area contributed by atoms with Crippen molar-refractivity contribution in [2.24, 2.45) is 5.92 Å². The molecular formula is C15H18F6N3O5S-. The van der Waals surface area contributed by atoms with Crippen LogP contribution >= 0.6 is 0 Å². The Balaban J connectivity index is 1.98. The first kappa shape index (κ1) is 24.2. The van der Waals surface area contributed by atoms with Crippen LogP contribution in [0.4, 0.5) is 36.8 Å². The summed E-state index contributed by atoms with van der Waals surface area (Å²) in [7, 11) is 0. The highest BCUT2D eigenvalue weighted by Gasteiger charge is 2.60. The van der Waals surface area contributed by atoms with Crippen molar-refractivity contribution in [2.75, 3.05) is 23.9 Å². The molecule has 1 aromatic heterocycles. The Morgan fingerprint density at radius 2 is 1.80 bits per heavy atom. The number of halogens is 6. The van der Waals surface area contributed by atoms with E-state index in [9.17, 15) is 39.9 Å². The van der Waals surface area contributed by atoms with Gasteiger partial charge in [0.15, 0.2) is 5.76 Å². The number of hydrogen-bond donors (Lipinski definition) is 0. The number of piperidine rings is 1. The highest BCUT2D eigenvalue weighted by atomic mass is 32.2. The van der Waals surface area contributed by atoms with E-state index in [2.05, 4.69) is 9.89 Å². The molecule has 15 heteroatoms. The molecule has 1 aliphatic rings. The second-order valence-electron chi connectivity index (χ2n) is 6.73. The number of alkyl halides is 6. The number of ether oxygens (including phenoxy) is 1. The first-order chi connectivity index (χ1) is 13.7. The molecule has 0 bridgehead atoms. The van der Waals surface area contributed by atoms with E-state index in [1.165, 1.54) is 6.92 Å². The molecule has 30 heavy (non-hydrogen) atoms. The van der Waals surface area contributed by atoms with Gasteiger partial charge in [-0.05, 0) is 32.6 Å². The second-order valence-corrected chi connectivity index (χ2v) is 7.60. The van der Waals surface area contributed by atoms with Crippen LogP contribution in [-0.4, -0.2) is 63.0 Å². The molecule has 0 aliphatic carbocycles. The van der Waals surface area contributed by atoms with Gasteiger partial charge in [0, 0.05) is 30.9 Å². The predicted molar refractivity (Wildman–Crippen MR) is 88.9 cm³/mol. The maximum absolute atomic E-state index is 12.5. The van der Waals surface area contributed by atoms with Crippen molar-refractivity contribution in [3.8, 4) is 0 Å². The standard InChI is InChI=1S/C15H19F6N3O5S/c1-8-11(9(2)29-22-8)24(30(26)27)7-10-3-5-23(6-4-10)13(25)28-12(14(16,17)18)15(19,20)21/h10,12H,3-7H2,1-2H3,(H,26,27)/p-1. The molecule has 1 amide bonds. The molecule has 1 atom stereocenters. The number of hydrogen-bond acceptors (Lipinski definition) is 6. The molecular weight excluding hydrogens is 448 g/mol. The van der Waals surface area contributed by atoms with Crippen LogP contribution in [0.1, 0.15) is 24.3 Å². The quantitative estimate of drug-likeness (QED) is 0.488. The first-order valence-corrected chi connectivity index (χ1v) is 9.63. The maximum Gasteiger partial charge on any atom is 0.434 e. The van der Waals surface area contributed by atoms with E-state index in [1.54, 1.807) is 6.92 Å². The van der Waals surface area contributed by atoms with E-state index >= 15 is 0 Å². The zero-order chi connectivity index (χ0) is 22.9. The lowest BCUT2D eigenvalue weighted by Gasteiger charge is -2.36. The van der Waals surface area contributed by atoms with Crippen molar-refractivity contribution in [3.63, 3.8) is 0 Å². The molecule has 0 radical (unpaired) electrons. The monoisotopic (exact) mass is 466 g/mol. The summed E-state index contributed by atoms with van der Waals surface area (Å²) in [6.07, 6.45) is -17.2. The molecule has 1 fully saturated rings. The SMILES string of the molecule is Cc1noc(C)c1N(CC1CCN(C(=O)OC(C(F)(F)F)C(F)(F)F)CC1)S(=O)[O-]. The van der Waals surface area contributed by atoms with E-state index in [4.69, 9.17) is 4.52 Å². The van der Waals surface area contributed by atoms with Crippen LogP contribution in [0.25, 0.3) is 0 Å². The van der Waals surface area contributed by atoms with E-state index in [-0.39, 0.29) is 49.8 Å². The summed E-state index contributed by atoms with van der Waals surface area (Å²) in [5, 5.41) is 3.67. The lowest BCUT2D eigenvalue weighted by molar-refractivity contribution is -0.308. The largest absolute Gasteiger partial charge is 0.755 e. The Morgan fingerprint density at radius 1 is 1.27 bits per heavy atom. The fourth-order valence-electron chi connectivity index (χ4n) is 3.09. The van der Waals surface area contributed by atoms with Crippen LogP contribution in [0.3, 0.4) is 0 Å². The average Bonchev–Trinajstić information content (AvgIpc) is 2.94. The second kappa shape index (κ2) is 8.99. The molecule has 1 aliphatic heterocycles. The molecule has 1 saturated heterocycles. The van der Waals surface area contributed by atoms with Gasteiger partial charge in [-0.25, -0.2) is 4.79 Å². The Labute approximate surface area is 169 Å². The minimum Gasteiger partial charge on any atom is -0.755 e. The molecule has 1 unspecified atom stereocenters. The van der Waals surface area contributed by atoms with Crippen LogP contribution < -0.4 is 4.31 Å². The van der Waals surface area contributed by atoms with Crippen molar-refractivity contribution in [1.82, 2.24) is 10.1 Å². The summed E-state index contributed by atoms with van der Waals surface area (Å²) in [5.41, 5.74) is 0.589. The summed E-state index contributed by atoms with van der Waals surface area (Å²) in [6.45, 7) is 2.67. The van der Waals surface area contributed by atoms with E-state index in [0.29, 0.717) is 5.69 Å². The van der Waals surface area contributed by atoms with Crippen molar-refractivity contribution in [2.45, 2.75) is 45.1 Å². The smallest absolute Gasteiger partial charge is 0.434 e. The van der Waals surface area contributed by atoms with Gasteiger partial charge in [-0.15, -0.1) is 0 Å².